The molecule has 0 bridgehead atoms. The van der Waals surface area contributed by atoms with Crippen LogP contribution in [-0.4, -0.2) is 56.1 Å². The minimum Gasteiger partial charge on any atom is -0.366 e. The Morgan fingerprint density at radius 3 is 2.82 bits per heavy atom. The minimum atomic E-state index is -0.390. The van der Waals surface area contributed by atoms with Crippen molar-refractivity contribution in [1.82, 2.24) is 29.5 Å². The highest BCUT2D eigenvalue weighted by Crippen LogP contribution is 2.25. The fourth-order valence-corrected chi connectivity index (χ4v) is 4.25. The molecule has 0 aliphatic carbocycles. The Balaban J connectivity index is 1.54. The number of H-pyrrole nitrogens is 1. The van der Waals surface area contributed by atoms with Crippen molar-refractivity contribution in [2.75, 3.05) is 26.0 Å². The molecule has 0 spiro atoms. The van der Waals surface area contributed by atoms with Crippen LogP contribution in [0.1, 0.15) is 11.1 Å². The lowest BCUT2D eigenvalue weighted by atomic mass is 10.0. The van der Waals surface area contributed by atoms with Gasteiger partial charge in [0.2, 0.25) is 0 Å². The second-order valence-corrected chi connectivity index (χ2v) is 8.65. The molecule has 0 fully saturated rings. The van der Waals surface area contributed by atoms with E-state index in [-0.39, 0.29) is 6.04 Å². The molecule has 0 amide bonds. The summed E-state index contributed by atoms with van der Waals surface area (Å²) in [6, 6.07) is 11.8. The van der Waals surface area contributed by atoms with Crippen molar-refractivity contribution in [2.24, 2.45) is 0 Å². The summed E-state index contributed by atoms with van der Waals surface area (Å²) >= 11 is 0. The third-order valence-electron chi connectivity index (χ3n) is 5.73. The van der Waals surface area contributed by atoms with Crippen LogP contribution in [0.3, 0.4) is 0 Å². The van der Waals surface area contributed by atoms with Gasteiger partial charge in [0.15, 0.2) is 5.65 Å². The molecule has 1 atom stereocenters. The molecule has 5 rings (SSSR count). The van der Waals surface area contributed by atoms with Crippen LogP contribution in [0.25, 0.3) is 27.8 Å². The zero-order chi connectivity index (χ0) is 22.9. The Labute approximate surface area is 191 Å². The maximum absolute atomic E-state index is 13.8. The van der Waals surface area contributed by atoms with Gasteiger partial charge < -0.3 is 15.2 Å². The smallest absolute Gasteiger partial charge is 0.160 e. The van der Waals surface area contributed by atoms with E-state index in [1.807, 2.05) is 23.6 Å². The fourth-order valence-electron chi connectivity index (χ4n) is 4.25. The van der Waals surface area contributed by atoms with E-state index in [0.717, 1.165) is 35.5 Å². The summed E-state index contributed by atoms with van der Waals surface area (Å²) < 4.78 is 15.7. The van der Waals surface area contributed by atoms with E-state index in [0.29, 0.717) is 11.3 Å². The number of aromatic nitrogens is 5. The SMILES string of the molecule is Cc1cnn2c(NC(Cc3c[nH]c4ccccc34)CN(C)C)cc(-c3cncc(F)c3)nc12. The van der Waals surface area contributed by atoms with Gasteiger partial charge in [0.1, 0.15) is 11.6 Å². The summed E-state index contributed by atoms with van der Waals surface area (Å²) in [6.07, 6.45) is 7.52. The number of nitrogens with one attached hydrogen (secondary N) is 2. The second-order valence-electron chi connectivity index (χ2n) is 8.65. The van der Waals surface area contributed by atoms with Gasteiger partial charge in [0.05, 0.1) is 18.1 Å². The van der Waals surface area contributed by atoms with Gasteiger partial charge >= 0.3 is 0 Å². The van der Waals surface area contributed by atoms with Gasteiger partial charge in [-0.2, -0.15) is 9.61 Å². The number of halogens is 1. The summed E-state index contributed by atoms with van der Waals surface area (Å²) in [5.74, 6) is 0.415. The molecule has 8 heteroatoms. The predicted molar refractivity (Wildman–Crippen MR) is 129 cm³/mol. The number of hydrogen-bond acceptors (Lipinski definition) is 5. The average Bonchev–Trinajstić information content (AvgIpc) is 3.37. The molecule has 4 heterocycles. The summed E-state index contributed by atoms with van der Waals surface area (Å²) in [6.45, 7) is 2.79. The molecule has 1 unspecified atom stereocenters. The number of nitrogens with zero attached hydrogens (tertiary/aromatic N) is 5. The second kappa shape index (κ2) is 8.63. The highest BCUT2D eigenvalue weighted by molar-refractivity contribution is 5.83. The van der Waals surface area contributed by atoms with Gasteiger partial charge in [-0.05, 0) is 45.1 Å². The number of rotatable bonds is 7. The Morgan fingerprint density at radius 1 is 1.15 bits per heavy atom. The van der Waals surface area contributed by atoms with Gasteiger partial charge in [-0.3, -0.25) is 4.98 Å². The van der Waals surface area contributed by atoms with Crippen LogP contribution < -0.4 is 5.32 Å². The van der Waals surface area contributed by atoms with Crippen LogP contribution in [0.4, 0.5) is 10.2 Å². The van der Waals surface area contributed by atoms with E-state index in [9.17, 15) is 4.39 Å². The molecule has 0 saturated carbocycles. The van der Waals surface area contributed by atoms with Crippen molar-refractivity contribution in [1.29, 1.82) is 0 Å². The van der Waals surface area contributed by atoms with Crippen LogP contribution in [0.15, 0.2) is 61.2 Å². The molecule has 0 aliphatic heterocycles. The van der Waals surface area contributed by atoms with E-state index in [2.05, 4.69) is 63.8 Å². The van der Waals surface area contributed by atoms with Crippen molar-refractivity contribution in [2.45, 2.75) is 19.4 Å². The first kappa shape index (κ1) is 21.1. The summed E-state index contributed by atoms with van der Waals surface area (Å²) in [7, 11) is 4.13. The number of aryl methyl sites for hydroxylation is 1. The predicted octanol–water partition coefficient (Wildman–Crippen LogP) is 4.30. The quantitative estimate of drug-likeness (QED) is 0.392. The lowest BCUT2D eigenvalue weighted by Crippen LogP contribution is -2.34. The highest BCUT2D eigenvalue weighted by atomic mass is 19.1. The van der Waals surface area contributed by atoms with Crippen molar-refractivity contribution < 1.29 is 4.39 Å². The molecule has 0 saturated heterocycles. The van der Waals surface area contributed by atoms with Gasteiger partial charge in [-0.25, -0.2) is 9.37 Å². The molecule has 2 N–H and O–H groups in total. The lowest BCUT2D eigenvalue weighted by molar-refractivity contribution is 0.381. The first-order chi connectivity index (χ1) is 16.0. The fraction of sp³-hybridized carbons (Fsp3) is 0.240. The van der Waals surface area contributed by atoms with E-state index in [1.54, 1.807) is 12.4 Å². The van der Waals surface area contributed by atoms with Crippen molar-refractivity contribution >= 4 is 22.4 Å². The number of para-hydroxylation sites is 1. The molecule has 168 valence electrons. The number of aromatic amines is 1. The zero-order valence-corrected chi connectivity index (χ0v) is 18.9. The Bertz CT molecular complexity index is 1420. The molecule has 5 aromatic rings. The van der Waals surface area contributed by atoms with E-state index in [1.165, 1.54) is 23.2 Å². The van der Waals surface area contributed by atoms with E-state index in [4.69, 9.17) is 4.98 Å². The number of anilines is 1. The molecule has 1 aromatic carbocycles. The summed E-state index contributed by atoms with van der Waals surface area (Å²) in [5.41, 5.74) is 5.34. The molecule has 0 radical (unpaired) electrons. The standard InChI is InChI=1S/C25H26FN7/c1-16-11-29-33-24(10-23(31-25(16)33)18-8-19(26)14-27-12-18)30-20(15-32(2)3)9-17-13-28-22-7-5-4-6-21(17)22/h4-8,10-14,20,28,30H,9,15H2,1-3H3. The van der Waals surface area contributed by atoms with Crippen LogP contribution >= 0.6 is 0 Å². The van der Waals surface area contributed by atoms with Gasteiger partial charge in [-0.15, -0.1) is 0 Å². The summed E-state index contributed by atoms with van der Waals surface area (Å²) in [5, 5.41) is 9.44. The maximum Gasteiger partial charge on any atom is 0.160 e. The van der Waals surface area contributed by atoms with E-state index >= 15 is 0 Å². The Morgan fingerprint density at radius 2 is 2.00 bits per heavy atom. The van der Waals surface area contributed by atoms with Crippen LogP contribution in [0.5, 0.6) is 0 Å². The Kier molecular flexibility index (Phi) is 5.51. The number of likely N-dealkylation sites (N-methyl/N-ethyl adjacent to an activating group) is 1. The molecular formula is C25H26FN7. The van der Waals surface area contributed by atoms with Crippen molar-refractivity contribution in [3.8, 4) is 11.3 Å². The van der Waals surface area contributed by atoms with Crippen molar-refractivity contribution in [3.63, 3.8) is 0 Å². The highest BCUT2D eigenvalue weighted by Gasteiger charge is 2.18. The van der Waals surface area contributed by atoms with Gasteiger partial charge in [0, 0.05) is 53.1 Å². The van der Waals surface area contributed by atoms with Crippen LogP contribution in [-0.2, 0) is 6.42 Å². The topological polar surface area (TPSA) is 74.1 Å². The number of fused-ring (bicyclic) bond motifs is 2. The molecule has 33 heavy (non-hydrogen) atoms. The molecule has 0 aliphatic rings. The van der Waals surface area contributed by atoms with Crippen LogP contribution in [0, 0.1) is 12.7 Å². The normalized spacial score (nSPS) is 12.6. The first-order valence-electron chi connectivity index (χ1n) is 10.9. The molecule has 7 nitrogen and oxygen atoms in total. The van der Waals surface area contributed by atoms with Gasteiger partial charge in [0.25, 0.3) is 0 Å². The first-order valence-corrected chi connectivity index (χ1v) is 10.9. The largest absolute Gasteiger partial charge is 0.366 e. The average molecular weight is 444 g/mol. The van der Waals surface area contributed by atoms with Crippen molar-refractivity contribution in [3.05, 3.63) is 78.1 Å². The number of hydrogen-bond donors (Lipinski definition) is 2. The maximum atomic E-state index is 13.8. The third-order valence-corrected chi connectivity index (χ3v) is 5.73. The monoisotopic (exact) mass is 443 g/mol. The summed E-state index contributed by atoms with van der Waals surface area (Å²) in [4.78, 5) is 14.3. The number of pyridine rings is 1. The molecular weight excluding hydrogens is 417 g/mol. The Hall–Kier alpha value is -3.78. The van der Waals surface area contributed by atoms with E-state index < -0.39 is 5.82 Å². The van der Waals surface area contributed by atoms with Crippen LogP contribution in [0.2, 0.25) is 0 Å². The van der Waals surface area contributed by atoms with Gasteiger partial charge in [-0.1, -0.05) is 18.2 Å². The zero-order valence-electron chi connectivity index (χ0n) is 18.9. The number of benzene rings is 1. The lowest BCUT2D eigenvalue weighted by Gasteiger charge is -2.24. The minimum absolute atomic E-state index is 0.104. The third kappa shape index (κ3) is 4.29. The molecule has 4 aromatic heterocycles.